The summed E-state index contributed by atoms with van der Waals surface area (Å²) in [5, 5.41) is 8.79. The van der Waals surface area contributed by atoms with Crippen LogP contribution in [0.4, 0.5) is 4.39 Å². The van der Waals surface area contributed by atoms with Crippen molar-refractivity contribution in [2.45, 2.75) is 12.8 Å². The monoisotopic (exact) mass is 187 g/mol. The fraction of sp³-hybridized carbons (Fsp3) is 0.250. The fourth-order valence-corrected chi connectivity index (χ4v) is 1.32. The van der Waals surface area contributed by atoms with Crippen LogP contribution in [0.25, 0.3) is 0 Å². The fourth-order valence-electron chi connectivity index (χ4n) is 1.32. The van der Waals surface area contributed by atoms with E-state index < -0.39 is 6.67 Å². The molecule has 0 N–H and O–H groups in total. The van der Waals surface area contributed by atoms with E-state index in [9.17, 15) is 4.39 Å². The van der Waals surface area contributed by atoms with Crippen LogP contribution in [-0.4, -0.2) is 6.67 Å². The quantitative estimate of drug-likeness (QED) is 0.653. The van der Waals surface area contributed by atoms with Crippen LogP contribution in [0.2, 0.25) is 0 Å². The highest BCUT2D eigenvalue weighted by atomic mass is 19.1. The van der Waals surface area contributed by atoms with Crippen molar-refractivity contribution in [2.24, 2.45) is 0 Å². The van der Waals surface area contributed by atoms with E-state index in [-0.39, 0.29) is 5.92 Å². The molecule has 14 heavy (non-hydrogen) atoms. The molecule has 0 saturated heterocycles. The average Bonchev–Trinajstić information content (AvgIpc) is 2.26. The minimum atomic E-state index is -0.469. The molecule has 1 atom stereocenters. The molecule has 0 bridgehead atoms. The van der Waals surface area contributed by atoms with Crippen molar-refractivity contribution in [1.29, 1.82) is 5.26 Å². The van der Waals surface area contributed by atoms with Crippen molar-refractivity contribution in [2.75, 3.05) is 6.67 Å². The van der Waals surface area contributed by atoms with E-state index in [2.05, 4.69) is 5.92 Å². The van der Waals surface area contributed by atoms with Gasteiger partial charge in [0, 0.05) is 11.5 Å². The van der Waals surface area contributed by atoms with Crippen LogP contribution in [0.5, 0.6) is 0 Å². The SMILES string of the molecule is C#Cc1c(C#N)cccc1C(C)CF. The molecule has 0 aliphatic heterocycles. The summed E-state index contributed by atoms with van der Waals surface area (Å²) in [7, 11) is 0. The molecular weight excluding hydrogens is 177 g/mol. The molecule has 1 unspecified atom stereocenters. The number of terminal acetylenes is 1. The summed E-state index contributed by atoms with van der Waals surface area (Å²) in [4.78, 5) is 0. The average molecular weight is 187 g/mol. The molecule has 2 heteroatoms. The first-order chi connectivity index (χ1) is 6.74. The molecule has 0 spiro atoms. The maximum Gasteiger partial charge on any atom is 0.100 e. The van der Waals surface area contributed by atoms with Gasteiger partial charge in [-0.3, -0.25) is 4.39 Å². The third-order valence-electron chi connectivity index (χ3n) is 2.12. The van der Waals surface area contributed by atoms with Gasteiger partial charge in [0.1, 0.15) is 6.07 Å². The highest BCUT2D eigenvalue weighted by Gasteiger charge is 2.11. The van der Waals surface area contributed by atoms with Crippen molar-refractivity contribution in [3.8, 4) is 18.4 Å². The highest BCUT2D eigenvalue weighted by molar-refractivity contribution is 5.52. The van der Waals surface area contributed by atoms with E-state index in [1.54, 1.807) is 25.1 Å². The maximum atomic E-state index is 12.5. The number of benzene rings is 1. The maximum absolute atomic E-state index is 12.5. The Bertz CT molecular complexity index is 409. The number of rotatable bonds is 2. The third kappa shape index (κ3) is 1.75. The normalized spacial score (nSPS) is 11.4. The number of nitriles is 1. The molecular formula is C12H10FN. The first-order valence-corrected chi connectivity index (χ1v) is 4.30. The van der Waals surface area contributed by atoms with E-state index in [4.69, 9.17) is 11.7 Å². The first kappa shape index (κ1) is 10.3. The Kier molecular flexibility index (Phi) is 3.26. The highest BCUT2D eigenvalue weighted by Crippen LogP contribution is 2.22. The van der Waals surface area contributed by atoms with Crippen LogP contribution in [0.1, 0.15) is 29.5 Å². The molecule has 0 saturated carbocycles. The van der Waals surface area contributed by atoms with Gasteiger partial charge in [-0.1, -0.05) is 25.0 Å². The molecule has 70 valence electrons. The lowest BCUT2D eigenvalue weighted by molar-refractivity contribution is 0.447. The van der Waals surface area contributed by atoms with Gasteiger partial charge in [-0.2, -0.15) is 5.26 Å². The van der Waals surface area contributed by atoms with Gasteiger partial charge >= 0.3 is 0 Å². The van der Waals surface area contributed by atoms with Gasteiger partial charge in [0.2, 0.25) is 0 Å². The summed E-state index contributed by atoms with van der Waals surface area (Å²) in [6.07, 6.45) is 5.30. The molecule has 0 amide bonds. The van der Waals surface area contributed by atoms with E-state index >= 15 is 0 Å². The van der Waals surface area contributed by atoms with Crippen molar-refractivity contribution >= 4 is 0 Å². The second-order valence-corrected chi connectivity index (χ2v) is 3.08. The summed E-state index contributed by atoms with van der Waals surface area (Å²) in [6, 6.07) is 7.13. The van der Waals surface area contributed by atoms with Crippen molar-refractivity contribution in [3.63, 3.8) is 0 Å². The number of alkyl halides is 1. The van der Waals surface area contributed by atoms with Crippen LogP contribution >= 0.6 is 0 Å². The van der Waals surface area contributed by atoms with Crippen molar-refractivity contribution in [3.05, 3.63) is 34.9 Å². The second kappa shape index (κ2) is 4.44. The lowest BCUT2D eigenvalue weighted by Crippen LogP contribution is -2.00. The standard InChI is InChI=1S/C12H10FN/c1-3-11-10(8-14)5-4-6-12(11)9(2)7-13/h1,4-6,9H,7H2,2H3. The zero-order chi connectivity index (χ0) is 10.6. The van der Waals surface area contributed by atoms with Crippen LogP contribution in [-0.2, 0) is 0 Å². The zero-order valence-corrected chi connectivity index (χ0v) is 7.92. The molecule has 1 aromatic rings. The Morgan fingerprint density at radius 3 is 2.79 bits per heavy atom. The van der Waals surface area contributed by atoms with E-state index in [1.807, 2.05) is 6.07 Å². The van der Waals surface area contributed by atoms with E-state index in [0.717, 1.165) is 5.56 Å². The number of hydrogen-bond donors (Lipinski definition) is 0. The molecule has 1 rings (SSSR count). The Morgan fingerprint density at radius 2 is 2.29 bits per heavy atom. The molecule has 0 heterocycles. The predicted octanol–water partition coefficient (Wildman–Crippen LogP) is 2.61. The third-order valence-corrected chi connectivity index (χ3v) is 2.12. The molecule has 0 fully saturated rings. The molecule has 0 aliphatic carbocycles. The van der Waals surface area contributed by atoms with Gasteiger partial charge in [0.25, 0.3) is 0 Å². The smallest absolute Gasteiger partial charge is 0.100 e. The van der Waals surface area contributed by atoms with Gasteiger partial charge in [-0.15, -0.1) is 6.42 Å². The second-order valence-electron chi connectivity index (χ2n) is 3.08. The Hall–Kier alpha value is -1.80. The van der Waals surface area contributed by atoms with Crippen LogP contribution in [0.3, 0.4) is 0 Å². The van der Waals surface area contributed by atoms with Gasteiger partial charge < -0.3 is 0 Å². The van der Waals surface area contributed by atoms with Crippen LogP contribution in [0, 0.1) is 23.7 Å². The van der Waals surface area contributed by atoms with Crippen molar-refractivity contribution in [1.82, 2.24) is 0 Å². The summed E-state index contributed by atoms with van der Waals surface area (Å²) in [6.45, 7) is 1.28. The first-order valence-electron chi connectivity index (χ1n) is 4.30. The van der Waals surface area contributed by atoms with Crippen molar-refractivity contribution < 1.29 is 4.39 Å². The molecule has 0 aromatic heterocycles. The molecule has 0 aliphatic rings. The zero-order valence-electron chi connectivity index (χ0n) is 7.92. The van der Waals surface area contributed by atoms with Gasteiger partial charge in [-0.25, -0.2) is 0 Å². The minimum Gasteiger partial charge on any atom is -0.250 e. The Morgan fingerprint density at radius 1 is 1.57 bits per heavy atom. The summed E-state index contributed by atoms with van der Waals surface area (Å²) >= 11 is 0. The van der Waals surface area contributed by atoms with E-state index in [1.165, 1.54) is 0 Å². The molecule has 0 radical (unpaired) electrons. The number of halogens is 1. The largest absolute Gasteiger partial charge is 0.250 e. The Balaban J connectivity index is 3.33. The topological polar surface area (TPSA) is 23.8 Å². The van der Waals surface area contributed by atoms with E-state index in [0.29, 0.717) is 11.1 Å². The minimum absolute atomic E-state index is 0.255. The summed E-state index contributed by atoms with van der Waals surface area (Å²) in [5.41, 5.74) is 1.68. The lowest BCUT2D eigenvalue weighted by Gasteiger charge is -2.10. The van der Waals surface area contributed by atoms with Gasteiger partial charge in [0.15, 0.2) is 0 Å². The number of nitrogens with zero attached hydrogens (tertiary/aromatic N) is 1. The number of hydrogen-bond acceptors (Lipinski definition) is 1. The van der Waals surface area contributed by atoms with Gasteiger partial charge in [-0.05, 0) is 11.6 Å². The molecule has 1 aromatic carbocycles. The lowest BCUT2D eigenvalue weighted by atomic mass is 9.94. The van der Waals surface area contributed by atoms with Crippen LogP contribution < -0.4 is 0 Å². The summed E-state index contributed by atoms with van der Waals surface area (Å²) in [5.74, 6) is 2.19. The predicted molar refractivity (Wildman–Crippen MR) is 53.5 cm³/mol. The molecule has 1 nitrogen and oxygen atoms in total. The Labute approximate surface area is 83.2 Å². The summed E-state index contributed by atoms with van der Waals surface area (Å²) < 4.78 is 12.5. The van der Waals surface area contributed by atoms with Gasteiger partial charge in [0.05, 0.1) is 12.2 Å². The van der Waals surface area contributed by atoms with Crippen LogP contribution in [0.15, 0.2) is 18.2 Å².